The number of carbonyl (C=O) groups excluding carboxylic acids is 2. The van der Waals surface area contributed by atoms with Gasteiger partial charge in [0.05, 0.1) is 26.1 Å². The molecule has 3 aromatic rings. The van der Waals surface area contributed by atoms with E-state index in [2.05, 4.69) is 17.4 Å². The van der Waals surface area contributed by atoms with Crippen molar-refractivity contribution >= 4 is 11.8 Å². The molecule has 1 fully saturated rings. The molecule has 1 unspecified atom stereocenters. The van der Waals surface area contributed by atoms with Gasteiger partial charge >= 0.3 is 0 Å². The average Bonchev–Trinajstić information content (AvgIpc) is 2.84. The summed E-state index contributed by atoms with van der Waals surface area (Å²) in [4.78, 5) is 26.7. The van der Waals surface area contributed by atoms with E-state index in [1.807, 2.05) is 72.8 Å². The van der Waals surface area contributed by atoms with Crippen molar-refractivity contribution in [3.8, 4) is 11.1 Å². The Bertz CT molecular complexity index is 1000. The Balaban J connectivity index is 1.26. The highest BCUT2D eigenvalue weighted by Crippen LogP contribution is 2.22. The fourth-order valence-corrected chi connectivity index (χ4v) is 3.72. The summed E-state index contributed by atoms with van der Waals surface area (Å²) in [7, 11) is 0. The minimum Gasteiger partial charge on any atom is -0.370 e. The summed E-state index contributed by atoms with van der Waals surface area (Å²) < 4.78 is 5.81. The van der Waals surface area contributed by atoms with E-state index in [1.54, 1.807) is 4.90 Å². The van der Waals surface area contributed by atoms with Gasteiger partial charge in [-0.3, -0.25) is 9.59 Å². The number of hydrogen-bond acceptors (Lipinski definition) is 3. The molecule has 1 N–H and O–H groups in total. The van der Waals surface area contributed by atoms with Gasteiger partial charge in [0.15, 0.2) is 0 Å². The van der Waals surface area contributed by atoms with Crippen molar-refractivity contribution in [2.45, 2.75) is 12.5 Å². The van der Waals surface area contributed by atoms with Crippen LogP contribution in [-0.4, -0.2) is 43.0 Å². The van der Waals surface area contributed by atoms with Crippen LogP contribution in [0.5, 0.6) is 0 Å². The van der Waals surface area contributed by atoms with Gasteiger partial charge in [-0.25, -0.2) is 0 Å². The Labute approximate surface area is 182 Å². The van der Waals surface area contributed by atoms with E-state index in [9.17, 15) is 9.59 Å². The fourth-order valence-electron chi connectivity index (χ4n) is 3.72. The smallest absolute Gasteiger partial charge is 0.242 e. The van der Waals surface area contributed by atoms with E-state index in [4.69, 9.17) is 4.74 Å². The third kappa shape index (κ3) is 5.58. The number of carbonyl (C=O) groups is 2. The van der Waals surface area contributed by atoms with Crippen molar-refractivity contribution in [2.75, 3.05) is 26.2 Å². The van der Waals surface area contributed by atoms with E-state index in [-0.39, 0.29) is 30.9 Å². The molecule has 4 rings (SSSR count). The zero-order chi connectivity index (χ0) is 21.5. The van der Waals surface area contributed by atoms with E-state index in [0.29, 0.717) is 19.7 Å². The summed E-state index contributed by atoms with van der Waals surface area (Å²) in [6, 6.07) is 27.9. The molecule has 3 aromatic carbocycles. The van der Waals surface area contributed by atoms with Crippen molar-refractivity contribution in [2.24, 2.45) is 0 Å². The van der Waals surface area contributed by atoms with Gasteiger partial charge in [0, 0.05) is 6.54 Å². The lowest BCUT2D eigenvalue weighted by Crippen LogP contribution is -2.46. The predicted molar refractivity (Wildman–Crippen MR) is 120 cm³/mol. The molecule has 0 radical (unpaired) electrons. The maximum Gasteiger partial charge on any atom is 0.242 e. The molecule has 1 atom stereocenters. The molecule has 1 aliphatic heterocycles. The van der Waals surface area contributed by atoms with Crippen molar-refractivity contribution in [1.82, 2.24) is 10.2 Å². The molecule has 0 saturated carbocycles. The van der Waals surface area contributed by atoms with Gasteiger partial charge in [-0.05, 0) is 22.3 Å². The first-order valence-electron chi connectivity index (χ1n) is 10.5. The highest BCUT2D eigenvalue weighted by atomic mass is 16.5. The van der Waals surface area contributed by atoms with Crippen molar-refractivity contribution in [3.05, 3.63) is 96.1 Å². The van der Waals surface area contributed by atoms with Crippen molar-refractivity contribution in [1.29, 1.82) is 0 Å². The van der Waals surface area contributed by atoms with E-state index in [1.165, 1.54) is 0 Å². The first-order valence-corrected chi connectivity index (χ1v) is 10.5. The molecular formula is C26H26N2O3. The van der Waals surface area contributed by atoms with Gasteiger partial charge in [-0.1, -0.05) is 84.9 Å². The van der Waals surface area contributed by atoms with Crippen LogP contribution in [0.2, 0.25) is 0 Å². The highest BCUT2D eigenvalue weighted by molar-refractivity contribution is 5.86. The molecule has 1 heterocycles. The number of benzene rings is 3. The topological polar surface area (TPSA) is 58.6 Å². The second kappa shape index (κ2) is 10.0. The molecular weight excluding hydrogens is 388 g/mol. The SMILES string of the molecule is O=C(Cc1ccc(-c2ccccc2)cc1)NCC(=O)N1CCOC(c2ccccc2)C1. The highest BCUT2D eigenvalue weighted by Gasteiger charge is 2.25. The van der Waals surface area contributed by atoms with Crippen LogP contribution in [0, 0.1) is 0 Å². The summed E-state index contributed by atoms with van der Waals surface area (Å²) >= 11 is 0. The number of amides is 2. The van der Waals surface area contributed by atoms with Crippen LogP contribution in [0.25, 0.3) is 11.1 Å². The number of ether oxygens (including phenoxy) is 1. The van der Waals surface area contributed by atoms with Crippen LogP contribution in [0.3, 0.4) is 0 Å². The molecule has 31 heavy (non-hydrogen) atoms. The number of nitrogens with zero attached hydrogens (tertiary/aromatic N) is 1. The van der Waals surface area contributed by atoms with Gasteiger partial charge in [0.25, 0.3) is 0 Å². The number of morpholine rings is 1. The molecule has 0 aromatic heterocycles. The van der Waals surface area contributed by atoms with Crippen LogP contribution in [0.1, 0.15) is 17.2 Å². The molecule has 2 amide bonds. The zero-order valence-corrected chi connectivity index (χ0v) is 17.4. The molecule has 158 valence electrons. The first-order chi connectivity index (χ1) is 15.2. The molecule has 1 aliphatic rings. The Morgan fingerprint density at radius 3 is 2.23 bits per heavy atom. The predicted octanol–water partition coefficient (Wildman–Crippen LogP) is 3.61. The fraction of sp³-hybridized carbons (Fsp3) is 0.231. The third-order valence-corrected chi connectivity index (χ3v) is 5.45. The van der Waals surface area contributed by atoms with Crippen LogP contribution in [0.4, 0.5) is 0 Å². The van der Waals surface area contributed by atoms with Gasteiger partial charge < -0.3 is 15.0 Å². The van der Waals surface area contributed by atoms with Crippen LogP contribution >= 0.6 is 0 Å². The lowest BCUT2D eigenvalue weighted by molar-refractivity contribution is -0.139. The van der Waals surface area contributed by atoms with Crippen molar-refractivity contribution in [3.63, 3.8) is 0 Å². The largest absolute Gasteiger partial charge is 0.370 e. The number of hydrogen-bond donors (Lipinski definition) is 1. The van der Waals surface area contributed by atoms with Crippen molar-refractivity contribution < 1.29 is 14.3 Å². The number of nitrogens with one attached hydrogen (secondary N) is 1. The third-order valence-electron chi connectivity index (χ3n) is 5.45. The van der Waals surface area contributed by atoms with Crippen LogP contribution in [-0.2, 0) is 20.7 Å². The lowest BCUT2D eigenvalue weighted by Gasteiger charge is -2.33. The summed E-state index contributed by atoms with van der Waals surface area (Å²) in [6.45, 7) is 1.54. The lowest BCUT2D eigenvalue weighted by atomic mass is 10.0. The van der Waals surface area contributed by atoms with Gasteiger partial charge in [0.1, 0.15) is 6.10 Å². The first kappa shape index (κ1) is 20.8. The number of rotatable bonds is 6. The minimum atomic E-state index is -0.159. The molecule has 5 heteroatoms. The second-order valence-electron chi connectivity index (χ2n) is 7.63. The van der Waals surface area contributed by atoms with E-state index in [0.717, 1.165) is 22.3 Å². The van der Waals surface area contributed by atoms with Crippen LogP contribution in [0.15, 0.2) is 84.9 Å². The van der Waals surface area contributed by atoms with E-state index < -0.39 is 0 Å². The molecule has 1 saturated heterocycles. The quantitative estimate of drug-likeness (QED) is 0.670. The van der Waals surface area contributed by atoms with Crippen LogP contribution < -0.4 is 5.32 Å². The standard InChI is InChI=1S/C26H26N2O3/c29-25(17-20-11-13-22(14-12-20)21-7-3-1-4-8-21)27-18-26(30)28-15-16-31-24(19-28)23-9-5-2-6-10-23/h1-14,24H,15-19H2,(H,27,29). The van der Waals surface area contributed by atoms with Gasteiger partial charge in [-0.15, -0.1) is 0 Å². The summed E-state index contributed by atoms with van der Waals surface area (Å²) in [6.07, 6.45) is 0.121. The molecule has 5 nitrogen and oxygen atoms in total. The maximum atomic E-state index is 12.6. The summed E-state index contributed by atoms with van der Waals surface area (Å²) in [5, 5.41) is 2.76. The van der Waals surface area contributed by atoms with Gasteiger partial charge in [0.2, 0.25) is 11.8 Å². The minimum absolute atomic E-state index is 0.00242. The summed E-state index contributed by atoms with van der Waals surface area (Å²) in [5.74, 6) is -0.245. The monoisotopic (exact) mass is 414 g/mol. The van der Waals surface area contributed by atoms with Gasteiger partial charge in [-0.2, -0.15) is 0 Å². The molecule has 0 spiro atoms. The second-order valence-corrected chi connectivity index (χ2v) is 7.63. The van der Waals surface area contributed by atoms with E-state index >= 15 is 0 Å². The average molecular weight is 415 g/mol. The summed E-state index contributed by atoms with van der Waals surface area (Å²) in [5.41, 5.74) is 4.23. The Kier molecular flexibility index (Phi) is 6.75. The maximum absolute atomic E-state index is 12.6. The zero-order valence-electron chi connectivity index (χ0n) is 17.4. The Morgan fingerprint density at radius 2 is 1.52 bits per heavy atom. The molecule has 0 bridgehead atoms. The normalized spacial score (nSPS) is 16.0. The Morgan fingerprint density at radius 1 is 0.871 bits per heavy atom. The molecule has 0 aliphatic carbocycles. The Hall–Kier alpha value is -3.44.